The van der Waals surface area contributed by atoms with Gasteiger partial charge in [-0.15, -0.1) is 24.2 Å². The summed E-state index contributed by atoms with van der Waals surface area (Å²) in [6.07, 6.45) is 2.34. The van der Waals surface area contributed by atoms with E-state index in [-0.39, 0.29) is 18.3 Å². The van der Waals surface area contributed by atoms with Crippen molar-refractivity contribution in [1.29, 1.82) is 0 Å². The Morgan fingerprint density at radius 1 is 1.20 bits per heavy atom. The fourth-order valence-corrected chi connectivity index (χ4v) is 5.96. The van der Waals surface area contributed by atoms with Crippen LogP contribution >= 0.6 is 35.5 Å². The fraction of sp³-hybridized carbons (Fsp3) is 0.462. The van der Waals surface area contributed by atoms with Crippen molar-refractivity contribution in [2.75, 3.05) is 57.2 Å². The molecule has 190 valence electrons. The van der Waals surface area contributed by atoms with Crippen molar-refractivity contribution in [3.8, 4) is 5.75 Å². The number of fused-ring (bicyclic) bond motifs is 1. The zero-order valence-corrected chi connectivity index (χ0v) is 22.9. The lowest BCUT2D eigenvalue weighted by atomic mass is 10.1. The minimum absolute atomic E-state index is 0. The minimum Gasteiger partial charge on any atom is -0.497 e. The third-order valence-corrected chi connectivity index (χ3v) is 8.07. The van der Waals surface area contributed by atoms with Crippen molar-refractivity contribution in [2.45, 2.75) is 31.1 Å². The molecule has 0 N–H and O–H groups in total. The SMILES string of the molecule is CCc1cccc2sc(N(CCCN3CCOCC3)C(=O)CCSc3ccc(OC)cc3)nc12.Cl. The van der Waals surface area contributed by atoms with E-state index in [0.717, 1.165) is 77.4 Å². The summed E-state index contributed by atoms with van der Waals surface area (Å²) in [6.45, 7) is 7.33. The molecule has 35 heavy (non-hydrogen) atoms. The van der Waals surface area contributed by atoms with Crippen LogP contribution in [0.2, 0.25) is 0 Å². The molecule has 0 saturated carbocycles. The van der Waals surface area contributed by atoms with Gasteiger partial charge in [0, 0.05) is 43.2 Å². The maximum absolute atomic E-state index is 13.4. The molecule has 1 aliphatic heterocycles. The molecule has 1 aliphatic rings. The van der Waals surface area contributed by atoms with Crippen molar-refractivity contribution >= 4 is 56.8 Å². The van der Waals surface area contributed by atoms with Crippen LogP contribution in [0.5, 0.6) is 5.75 Å². The molecule has 0 bridgehead atoms. The van der Waals surface area contributed by atoms with Crippen molar-refractivity contribution in [2.24, 2.45) is 0 Å². The lowest BCUT2D eigenvalue weighted by Gasteiger charge is -2.27. The van der Waals surface area contributed by atoms with E-state index in [2.05, 4.69) is 30.0 Å². The Labute approximate surface area is 222 Å². The molecule has 9 heteroatoms. The number of benzene rings is 2. The Kier molecular flexibility index (Phi) is 11.1. The number of thioether (sulfide) groups is 1. The summed E-state index contributed by atoms with van der Waals surface area (Å²) in [7, 11) is 1.67. The average Bonchev–Trinajstić information content (AvgIpc) is 3.31. The number of hydrogen-bond donors (Lipinski definition) is 0. The van der Waals surface area contributed by atoms with Gasteiger partial charge in [-0.25, -0.2) is 4.98 Å². The first-order chi connectivity index (χ1) is 16.7. The zero-order valence-electron chi connectivity index (χ0n) is 20.4. The summed E-state index contributed by atoms with van der Waals surface area (Å²) in [4.78, 5) is 23.8. The lowest BCUT2D eigenvalue weighted by molar-refractivity contribution is -0.118. The van der Waals surface area contributed by atoms with Crippen molar-refractivity contribution in [3.63, 3.8) is 0 Å². The second-order valence-electron chi connectivity index (χ2n) is 8.24. The second-order valence-corrected chi connectivity index (χ2v) is 10.4. The summed E-state index contributed by atoms with van der Waals surface area (Å²) >= 11 is 3.32. The molecule has 0 radical (unpaired) electrons. The number of ether oxygens (including phenoxy) is 2. The number of rotatable bonds is 11. The molecule has 6 nitrogen and oxygen atoms in total. The Bertz CT molecular complexity index is 1070. The summed E-state index contributed by atoms with van der Waals surface area (Å²) < 4.78 is 11.8. The number of hydrogen-bond acceptors (Lipinski definition) is 7. The molecule has 0 atom stereocenters. The number of aryl methyl sites for hydroxylation is 1. The van der Waals surface area contributed by atoms with Crippen LogP contribution < -0.4 is 9.64 Å². The van der Waals surface area contributed by atoms with Gasteiger partial charge in [0.25, 0.3) is 0 Å². The average molecular weight is 536 g/mol. The Balaban J connectivity index is 0.00000342. The van der Waals surface area contributed by atoms with Gasteiger partial charge in [-0.05, 0) is 48.7 Å². The molecular formula is C26H34ClN3O3S2. The minimum atomic E-state index is 0. The highest BCUT2D eigenvalue weighted by Gasteiger charge is 2.21. The quantitative estimate of drug-likeness (QED) is 0.301. The zero-order chi connectivity index (χ0) is 23.8. The van der Waals surface area contributed by atoms with E-state index >= 15 is 0 Å². The Morgan fingerprint density at radius 3 is 2.69 bits per heavy atom. The first-order valence-electron chi connectivity index (χ1n) is 11.9. The third-order valence-electron chi connectivity index (χ3n) is 6.01. The number of anilines is 1. The van der Waals surface area contributed by atoms with Gasteiger partial charge in [-0.1, -0.05) is 30.4 Å². The van der Waals surface area contributed by atoms with Gasteiger partial charge in [0.1, 0.15) is 5.75 Å². The van der Waals surface area contributed by atoms with E-state index in [1.54, 1.807) is 30.2 Å². The van der Waals surface area contributed by atoms with Gasteiger partial charge in [0.15, 0.2) is 5.13 Å². The number of halogens is 1. The van der Waals surface area contributed by atoms with E-state index in [9.17, 15) is 4.79 Å². The van der Waals surface area contributed by atoms with Gasteiger partial charge in [0.05, 0.1) is 30.5 Å². The van der Waals surface area contributed by atoms with Gasteiger partial charge in [-0.3, -0.25) is 14.6 Å². The van der Waals surface area contributed by atoms with Crippen LogP contribution in [0, 0.1) is 0 Å². The predicted molar refractivity (Wildman–Crippen MR) is 149 cm³/mol. The molecule has 3 aromatic rings. The Morgan fingerprint density at radius 2 is 1.97 bits per heavy atom. The normalized spacial score (nSPS) is 14.0. The number of amides is 1. The van der Waals surface area contributed by atoms with Gasteiger partial charge < -0.3 is 9.47 Å². The van der Waals surface area contributed by atoms with E-state index in [0.29, 0.717) is 13.0 Å². The molecule has 0 aliphatic carbocycles. The Hall–Kier alpha value is -1.84. The molecule has 0 spiro atoms. The summed E-state index contributed by atoms with van der Waals surface area (Å²) in [5.41, 5.74) is 2.26. The van der Waals surface area contributed by atoms with Crippen LogP contribution in [0.25, 0.3) is 10.2 Å². The molecule has 2 heterocycles. The first-order valence-corrected chi connectivity index (χ1v) is 13.7. The van der Waals surface area contributed by atoms with Crippen molar-refractivity contribution in [1.82, 2.24) is 9.88 Å². The molecule has 1 saturated heterocycles. The number of carbonyl (C=O) groups is 1. The highest BCUT2D eigenvalue weighted by atomic mass is 35.5. The number of nitrogens with zero attached hydrogens (tertiary/aromatic N) is 3. The molecule has 1 aromatic heterocycles. The smallest absolute Gasteiger partial charge is 0.229 e. The van der Waals surface area contributed by atoms with Crippen LogP contribution in [0.1, 0.15) is 25.3 Å². The van der Waals surface area contributed by atoms with E-state index in [1.165, 1.54) is 5.56 Å². The number of carbonyl (C=O) groups excluding carboxylic acids is 1. The largest absolute Gasteiger partial charge is 0.497 e. The molecule has 4 rings (SSSR count). The lowest BCUT2D eigenvalue weighted by Crippen LogP contribution is -2.39. The molecule has 0 unspecified atom stereocenters. The van der Waals surface area contributed by atoms with E-state index < -0.39 is 0 Å². The monoisotopic (exact) mass is 535 g/mol. The summed E-state index contributed by atoms with van der Waals surface area (Å²) in [5.74, 6) is 1.71. The van der Waals surface area contributed by atoms with Crippen LogP contribution in [0.4, 0.5) is 5.13 Å². The van der Waals surface area contributed by atoms with Gasteiger partial charge >= 0.3 is 0 Å². The standard InChI is InChI=1S/C26H33N3O3S2.ClH/c1-3-20-6-4-7-23-25(20)27-26(34-23)29(14-5-13-28-15-17-32-18-16-28)24(30)12-19-33-22-10-8-21(31-2)9-11-22;/h4,6-11H,3,5,12-19H2,1-2H3;1H. The summed E-state index contributed by atoms with van der Waals surface area (Å²) in [5, 5.41) is 0.817. The summed E-state index contributed by atoms with van der Waals surface area (Å²) in [6, 6.07) is 14.3. The molecule has 1 amide bonds. The molecule has 2 aromatic carbocycles. The van der Waals surface area contributed by atoms with Crippen LogP contribution in [-0.4, -0.2) is 68.0 Å². The number of para-hydroxylation sites is 1. The maximum Gasteiger partial charge on any atom is 0.229 e. The first kappa shape index (κ1) is 27.7. The third kappa shape index (κ3) is 7.57. The highest BCUT2D eigenvalue weighted by Crippen LogP contribution is 2.32. The van der Waals surface area contributed by atoms with Crippen molar-refractivity contribution < 1.29 is 14.3 Å². The highest BCUT2D eigenvalue weighted by molar-refractivity contribution is 7.99. The number of morpholine rings is 1. The molecule has 1 fully saturated rings. The number of thiazole rings is 1. The van der Waals surface area contributed by atoms with E-state index in [4.69, 9.17) is 14.5 Å². The number of aromatic nitrogens is 1. The van der Waals surface area contributed by atoms with Crippen molar-refractivity contribution in [3.05, 3.63) is 48.0 Å². The number of methoxy groups -OCH3 is 1. The van der Waals surface area contributed by atoms with E-state index in [1.807, 2.05) is 29.2 Å². The van der Waals surface area contributed by atoms with Crippen LogP contribution in [0.15, 0.2) is 47.4 Å². The van der Waals surface area contributed by atoms with Gasteiger partial charge in [-0.2, -0.15) is 0 Å². The molecular weight excluding hydrogens is 502 g/mol. The predicted octanol–water partition coefficient (Wildman–Crippen LogP) is 5.53. The topological polar surface area (TPSA) is 54.9 Å². The fourth-order valence-electron chi connectivity index (χ4n) is 4.06. The maximum atomic E-state index is 13.4. The van der Waals surface area contributed by atoms with Gasteiger partial charge in [0.2, 0.25) is 5.91 Å². The second kappa shape index (κ2) is 14.0. The van der Waals surface area contributed by atoms with Crippen LogP contribution in [0.3, 0.4) is 0 Å². The van der Waals surface area contributed by atoms with Crippen LogP contribution in [-0.2, 0) is 16.0 Å².